The number of anilines is 1. The standard InChI is InChI=1S/C21H14N4O4S/c26-20-16-10-9-15(11-17(16)21(27)23-20)30(28,29)24-13-5-7-14(8-6-13)25-12-22-18-3-1-2-4-19(18)25/h1-12,24H,(H,23,26,27). The Morgan fingerprint density at radius 1 is 0.867 bits per heavy atom. The number of nitrogens with one attached hydrogen (secondary N) is 2. The third-order valence-corrected chi connectivity index (χ3v) is 6.25. The molecule has 0 aliphatic carbocycles. The number of hydrogen-bond acceptors (Lipinski definition) is 5. The SMILES string of the molecule is O=C1NC(=O)c2cc(S(=O)(=O)Nc3ccc(-n4cnc5ccccc54)cc3)ccc21. The summed E-state index contributed by atoms with van der Waals surface area (Å²) in [4.78, 5) is 27.7. The molecule has 1 aliphatic rings. The highest BCUT2D eigenvalue weighted by Crippen LogP contribution is 2.24. The van der Waals surface area contributed by atoms with Crippen LogP contribution in [0.1, 0.15) is 20.7 Å². The van der Waals surface area contributed by atoms with E-state index in [1.807, 2.05) is 28.8 Å². The lowest BCUT2D eigenvalue weighted by Gasteiger charge is -2.10. The van der Waals surface area contributed by atoms with Crippen molar-refractivity contribution in [3.05, 3.63) is 84.2 Å². The van der Waals surface area contributed by atoms with Crippen molar-refractivity contribution in [2.24, 2.45) is 0 Å². The number of fused-ring (bicyclic) bond motifs is 2. The van der Waals surface area contributed by atoms with Crippen molar-refractivity contribution in [3.63, 3.8) is 0 Å². The summed E-state index contributed by atoms with van der Waals surface area (Å²) in [6.07, 6.45) is 1.71. The number of nitrogens with zero attached hydrogens (tertiary/aromatic N) is 2. The number of imide groups is 1. The first-order chi connectivity index (χ1) is 14.4. The van der Waals surface area contributed by atoms with Gasteiger partial charge in [0.1, 0.15) is 6.33 Å². The molecule has 0 spiro atoms. The highest BCUT2D eigenvalue weighted by atomic mass is 32.2. The highest BCUT2D eigenvalue weighted by Gasteiger charge is 2.28. The summed E-state index contributed by atoms with van der Waals surface area (Å²) in [5.74, 6) is -1.14. The molecular formula is C21H14N4O4S. The van der Waals surface area contributed by atoms with Crippen molar-refractivity contribution in [2.45, 2.75) is 4.90 Å². The van der Waals surface area contributed by atoms with E-state index in [0.717, 1.165) is 16.7 Å². The third-order valence-electron chi connectivity index (χ3n) is 4.87. The van der Waals surface area contributed by atoms with Gasteiger partial charge in [0.05, 0.1) is 27.1 Å². The lowest BCUT2D eigenvalue weighted by molar-refractivity contribution is 0.0879. The van der Waals surface area contributed by atoms with Gasteiger partial charge in [-0.15, -0.1) is 0 Å². The molecule has 8 nitrogen and oxygen atoms in total. The number of hydrogen-bond donors (Lipinski definition) is 2. The van der Waals surface area contributed by atoms with Crippen LogP contribution in [0.4, 0.5) is 5.69 Å². The van der Waals surface area contributed by atoms with Crippen molar-refractivity contribution in [1.29, 1.82) is 0 Å². The average molecular weight is 418 g/mol. The van der Waals surface area contributed by atoms with Crippen LogP contribution < -0.4 is 10.0 Å². The number of carbonyl (C=O) groups is 2. The summed E-state index contributed by atoms with van der Waals surface area (Å²) in [5.41, 5.74) is 3.21. The minimum Gasteiger partial charge on any atom is -0.299 e. The Bertz CT molecular complexity index is 1440. The molecule has 2 amide bonds. The predicted molar refractivity (Wildman–Crippen MR) is 110 cm³/mol. The summed E-state index contributed by atoms with van der Waals surface area (Å²) in [7, 11) is -3.94. The molecule has 5 rings (SSSR count). The molecule has 0 atom stereocenters. The fourth-order valence-corrected chi connectivity index (χ4v) is 4.47. The molecule has 0 saturated heterocycles. The van der Waals surface area contributed by atoms with Gasteiger partial charge in [0, 0.05) is 11.4 Å². The smallest absolute Gasteiger partial charge is 0.261 e. The largest absolute Gasteiger partial charge is 0.299 e. The van der Waals surface area contributed by atoms with Crippen LogP contribution in [0.5, 0.6) is 0 Å². The molecule has 4 aromatic rings. The second-order valence-corrected chi connectivity index (χ2v) is 8.43. The summed E-state index contributed by atoms with van der Waals surface area (Å²) in [5, 5.41) is 2.14. The molecule has 1 aliphatic heterocycles. The van der Waals surface area contributed by atoms with E-state index >= 15 is 0 Å². The number of para-hydroxylation sites is 2. The number of carbonyl (C=O) groups excluding carboxylic acids is 2. The molecule has 0 fully saturated rings. The number of sulfonamides is 1. The predicted octanol–water partition coefficient (Wildman–Crippen LogP) is 2.71. The van der Waals surface area contributed by atoms with Gasteiger partial charge in [0.2, 0.25) is 0 Å². The zero-order valence-corrected chi connectivity index (χ0v) is 16.2. The maximum atomic E-state index is 12.7. The third kappa shape index (κ3) is 2.92. The Balaban J connectivity index is 1.43. The lowest BCUT2D eigenvalue weighted by atomic mass is 10.1. The van der Waals surface area contributed by atoms with Crippen LogP contribution in [0.3, 0.4) is 0 Å². The molecule has 148 valence electrons. The van der Waals surface area contributed by atoms with Gasteiger partial charge in [-0.05, 0) is 54.6 Å². The second kappa shape index (κ2) is 6.53. The van der Waals surface area contributed by atoms with E-state index in [0.29, 0.717) is 5.69 Å². The first-order valence-electron chi connectivity index (χ1n) is 8.97. The molecule has 3 aromatic carbocycles. The van der Waals surface area contributed by atoms with Crippen LogP contribution in [0.15, 0.2) is 78.0 Å². The second-order valence-electron chi connectivity index (χ2n) is 6.75. The van der Waals surface area contributed by atoms with Crippen LogP contribution in [0.25, 0.3) is 16.7 Å². The fraction of sp³-hybridized carbons (Fsp3) is 0. The molecule has 1 aromatic heterocycles. The summed E-state index contributed by atoms with van der Waals surface area (Å²) >= 11 is 0. The Labute approximate surface area is 171 Å². The van der Waals surface area contributed by atoms with Crippen LogP contribution in [0.2, 0.25) is 0 Å². The molecule has 2 heterocycles. The van der Waals surface area contributed by atoms with Crippen molar-refractivity contribution in [3.8, 4) is 5.69 Å². The van der Waals surface area contributed by atoms with E-state index in [4.69, 9.17) is 0 Å². The zero-order chi connectivity index (χ0) is 20.9. The average Bonchev–Trinajstić information content (AvgIpc) is 3.29. The number of imidazole rings is 1. The Morgan fingerprint density at radius 2 is 1.60 bits per heavy atom. The Morgan fingerprint density at radius 3 is 2.40 bits per heavy atom. The molecule has 0 bridgehead atoms. The molecule has 30 heavy (non-hydrogen) atoms. The quantitative estimate of drug-likeness (QED) is 0.495. The van der Waals surface area contributed by atoms with E-state index in [2.05, 4.69) is 15.0 Å². The monoisotopic (exact) mass is 418 g/mol. The van der Waals surface area contributed by atoms with Gasteiger partial charge in [-0.2, -0.15) is 0 Å². The van der Waals surface area contributed by atoms with Crippen LogP contribution >= 0.6 is 0 Å². The minimum absolute atomic E-state index is 0.0465. The van der Waals surface area contributed by atoms with Crippen LogP contribution in [-0.4, -0.2) is 29.8 Å². The molecule has 0 saturated carbocycles. The van der Waals surface area contributed by atoms with Gasteiger partial charge in [-0.1, -0.05) is 12.1 Å². The van der Waals surface area contributed by atoms with Gasteiger partial charge < -0.3 is 0 Å². The van der Waals surface area contributed by atoms with Crippen molar-refractivity contribution in [2.75, 3.05) is 4.72 Å². The van der Waals surface area contributed by atoms with Crippen molar-refractivity contribution < 1.29 is 18.0 Å². The number of benzene rings is 3. The molecule has 0 radical (unpaired) electrons. The van der Waals surface area contributed by atoms with Gasteiger partial charge in [0.25, 0.3) is 21.8 Å². The van der Waals surface area contributed by atoms with Crippen LogP contribution in [0, 0.1) is 0 Å². The van der Waals surface area contributed by atoms with E-state index in [1.54, 1.807) is 30.6 Å². The number of rotatable bonds is 4. The first-order valence-corrected chi connectivity index (χ1v) is 10.5. The number of aromatic nitrogens is 2. The number of amides is 2. The normalized spacial score (nSPS) is 13.3. The summed E-state index contributed by atoms with van der Waals surface area (Å²) in [6.45, 7) is 0. The van der Waals surface area contributed by atoms with Crippen LogP contribution in [-0.2, 0) is 10.0 Å². The molecular weight excluding hydrogens is 404 g/mol. The molecule has 0 unspecified atom stereocenters. The van der Waals surface area contributed by atoms with E-state index in [9.17, 15) is 18.0 Å². The maximum absolute atomic E-state index is 12.7. The fourth-order valence-electron chi connectivity index (χ4n) is 3.38. The van der Waals surface area contributed by atoms with Gasteiger partial charge >= 0.3 is 0 Å². The van der Waals surface area contributed by atoms with Gasteiger partial charge in [-0.3, -0.25) is 24.2 Å². The van der Waals surface area contributed by atoms with Gasteiger partial charge in [0.15, 0.2) is 0 Å². The topological polar surface area (TPSA) is 110 Å². The summed E-state index contributed by atoms with van der Waals surface area (Å²) < 4.78 is 29.9. The minimum atomic E-state index is -3.94. The van der Waals surface area contributed by atoms with Crippen molar-refractivity contribution >= 4 is 38.6 Å². The van der Waals surface area contributed by atoms with E-state index in [-0.39, 0.29) is 16.0 Å². The van der Waals surface area contributed by atoms with E-state index < -0.39 is 21.8 Å². The first kappa shape index (κ1) is 18.1. The van der Waals surface area contributed by atoms with Gasteiger partial charge in [-0.25, -0.2) is 13.4 Å². The highest BCUT2D eigenvalue weighted by molar-refractivity contribution is 7.92. The van der Waals surface area contributed by atoms with Crippen molar-refractivity contribution in [1.82, 2.24) is 14.9 Å². The van der Waals surface area contributed by atoms with E-state index in [1.165, 1.54) is 18.2 Å². The summed E-state index contributed by atoms with van der Waals surface area (Å²) in [6, 6.07) is 18.4. The molecule has 2 N–H and O–H groups in total. The Hall–Kier alpha value is -3.98. The Kier molecular flexibility index (Phi) is 3.93. The lowest BCUT2D eigenvalue weighted by Crippen LogP contribution is -2.19. The maximum Gasteiger partial charge on any atom is 0.261 e. The zero-order valence-electron chi connectivity index (χ0n) is 15.4. The molecule has 9 heteroatoms.